The molecular formula is C17H22N2O6S. The molecule has 1 saturated heterocycles. The lowest BCUT2D eigenvalue weighted by Crippen LogP contribution is -2.40. The van der Waals surface area contributed by atoms with Crippen LogP contribution in [0.2, 0.25) is 0 Å². The number of nitro groups is 1. The first-order valence-corrected chi connectivity index (χ1v) is 9.33. The maximum absolute atomic E-state index is 13.0. The van der Waals surface area contributed by atoms with E-state index in [1.807, 2.05) is 13.8 Å². The van der Waals surface area contributed by atoms with E-state index in [1.165, 1.54) is 35.9 Å². The lowest BCUT2D eigenvalue weighted by atomic mass is 9.76. The van der Waals surface area contributed by atoms with Crippen molar-refractivity contribution in [3.63, 3.8) is 0 Å². The Bertz CT molecular complexity index is 751. The highest BCUT2D eigenvalue weighted by atomic mass is 32.2. The molecule has 1 aliphatic heterocycles. The monoisotopic (exact) mass is 382 g/mol. The van der Waals surface area contributed by atoms with Gasteiger partial charge in [-0.05, 0) is 24.7 Å². The molecule has 0 bridgehead atoms. The number of nitro benzene ring substituents is 1. The van der Waals surface area contributed by atoms with E-state index in [9.17, 15) is 24.8 Å². The molecule has 1 heterocycles. The SMILES string of the molecule is COc1cc([N+](=O)[O-])c(C(=O)N2CCC(C(=O)O)(C(C)C)C2)cc1SC. The smallest absolute Gasteiger partial charge is 0.311 e. The molecule has 0 aromatic heterocycles. The third kappa shape index (κ3) is 3.35. The number of nitrogens with zero attached hydrogens (tertiary/aromatic N) is 2. The summed E-state index contributed by atoms with van der Waals surface area (Å²) in [4.78, 5) is 37.5. The average molecular weight is 382 g/mol. The zero-order chi connectivity index (χ0) is 19.6. The highest BCUT2D eigenvalue weighted by molar-refractivity contribution is 7.98. The number of methoxy groups -OCH3 is 1. The molecule has 1 unspecified atom stereocenters. The number of aliphatic carboxylic acids is 1. The van der Waals surface area contributed by atoms with E-state index in [4.69, 9.17) is 4.74 Å². The van der Waals surface area contributed by atoms with Gasteiger partial charge in [0.25, 0.3) is 11.6 Å². The number of likely N-dealkylation sites (tertiary alicyclic amines) is 1. The number of carboxylic acid groups (broad SMARTS) is 1. The Morgan fingerprint density at radius 1 is 1.42 bits per heavy atom. The van der Waals surface area contributed by atoms with Gasteiger partial charge in [0.05, 0.1) is 28.4 Å². The van der Waals surface area contributed by atoms with Gasteiger partial charge in [0.2, 0.25) is 0 Å². The van der Waals surface area contributed by atoms with Crippen LogP contribution in [0.15, 0.2) is 17.0 Å². The fourth-order valence-electron chi connectivity index (χ4n) is 3.26. The van der Waals surface area contributed by atoms with Crippen LogP contribution in [0.3, 0.4) is 0 Å². The summed E-state index contributed by atoms with van der Waals surface area (Å²) in [6, 6.07) is 2.68. The second-order valence-electron chi connectivity index (χ2n) is 6.57. The molecule has 1 atom stereocenters. The Morgan fingerprint density at radius 2 is 2.08 bits per heavy atom. The summed E-state index contributed by atoms with van der Waals surface area (Å²) >= 11 is 1.31. The predicted octanol–water partition coefficient (Wildman–Crippen LogP) is 2.90. The van der Waals surface area contributed by atoms with E-state index in [-0.39, 0.29) is 30.3 Å². The van der Waals surface area contributed by atoms with Gasteiger partial charge in [-0.2, -0.15) is 0 Å². The van der Waals surface area contributed by atoms with Gasteiger partial charge in [-0.25, -0.2) is 0 Å². The van der Waals surface area contributed by atoms with Crippen molar-refractivity contribution in [1.29, 1.82) is 0 Å². The van der Waals surface area contributed by atoms with E-state index in [0.717, 1.165) is 0 Å². The molecule has 1 N–H and O–H groups in total. The Kier molecular flexibility index (Phi) is 5.80. The molecule has 26 heavy (non-hydrogen) atoms. The van der Waals surface area contributed by atoms with Crippen molar-refractivity contribution in [2.24, 2.45) is 11.3 Å². The molecule has 1 aliphatic rings. The number of hydrogen-bond donors (Lipinski definition) is 1. The molecule has 1 fully saturated rings. The van der Waals surface area contributed by atoms with E-state index in [2.05, 4.69) is 0 Å². The Hall–Kier alpha value is -2.29. The molecule has 2 rings (SSSR count). The van der Waals surface area contributed by atoms with Crippen molar-refractivity contribution >= 4 is 29.3 Å². The maximum Gasteiger partial charge on any atom is 0.311 e. The summed E-state index contributed by atoms with van der Waals surface area (Å²) in [5.41, 5.74) is -1.42. The van der Waals surface area contributed by atoms with Crippen LogP contribution >= 0.6 is 11.8 Å². The van der Waals surface area contributed by atoms with Crippen LogP contribution < -0.4 is 4.74 Å². The van der Waals surface area contributed by atoms with Crippen LogP contribution in [-0.2, 0) is 4.79 Å². The van der Waals surface area contributed by atoms with Crippen LogP contribution in [0.4, 0.5) is 5.69 Å². The van der Waals surface area contributed by atoms with Gasteiger partial charge in [0.1, 0.15) is 11.3 Å². The summed E-state index contributed by atoms with van der Waals surface area (Å²) in [6.45, 7) is 3.91. The summed E-state index contributed by atoms with van der Waals surface area (Å²) in [5, 5.41) is 21.1. The zero-order valence-corrected chi connectivity index (χ0v) is 16.0. The quantitative estimate of drug-likeness (QED) is 0.457. The summed E-state index contributed by atoms with van der Waals surface area (Å²) in [6.07, 6.45) is 2.10. The van der Waals surface area contributed by atoms with Crippen molar-refractivity contribution in [2.75, 3.05) is 26.5 Å². The fraction of sp³-hybridized carbons (Fsp3) is 0.529. The van der Waals surface area contributed by atoms with E-state index < -0.39 is 22.2 Å². The van der Waals surface area contributed by atoms with Crippen molar-refractivity contribution in [3.05, 3.63) is 27.8 Å². The molecule has 8 nitrogen and oxygen atoms in total. The number of thioether (sulfide) groups is 1. The summed E-state index contributed by atoms with van der Waals surface area (Å²) in [5.74, 6) is -1.31. The minimum Gasteiger partial charge on any atom is -0.495 e. The molecule has 0 spiro atoms. The number of carboxylic acids is 1. The zero-order valence-electron chi connectivity index (χ0n) is 15.1. The Morgan fingerprint density at radius 3 is 2.50 bits per heavy atom. The highest BCUT2D eigenvalue weighted by Gasteiger charge is 2.49. The van der Waals surface area contributed by atoms with Gasteiger partial charge in [0, 0.05) is 13.1 Å². The van der Waals surface area contributed by atoms with Crippen LogP contribution in [0, 0.1) is 21.4 Å². The molecular weight excluding hydrogens is 360 g/mol. The van der Waals surface area contributed by atoms with E-state index >= 15 is 0 Å². The molecule has 1 aromatic rings. The number of benzene rings is 1. The molecule has 0 aliphatic carbocycles. The third-order valence-corrected chi connectivity index (χ3v) is 5.81. The lowest BCUT2D eigenvalue weighted by Gasteiger charge is -2.28. The minimum absolute atomic E-state index is 0.0383. The fourth-order valence-corrected chi connectivity index (χ4v) is 3.84. The molecule has 0 saturated carbocycles. The first kappa shape index (κ1) is 20.0. The second kappa shape index (κ2) is 7.53. The van der Waals surface area contributed by atoms with Crippen molar-refractivity contribution in [1.82, 2.24) is 4.90 Å². The van der Waals surface area contributed by atoms with Crippen LogP contribution in [-0.4, -0.2) is 53.3 Å². The number of hydrogen-bond acceptors (Lipinski definition) is 6. The van der Waals surface area contributed by atoms with Crippen LogP contribution in [0.1, 0.15) is 30.6 Å². The van der Waals surface area contributed by atoms with E-state index in [0.29, 0.717) is 17.1 Å². The lowest BCUT2D eigenvalue weighted by molar-refractivity contribution is -0.385. The molecule has 1 amide bonds. The van der Waals surface area contributed by atoms with Gasteiger partial charge in [-0.3, -0.25) is 19.7 Å². The predicted molar refractivity (Wildman–Crippen MR) is 96.9 cm³/mol. The van der Waals surface area contributed by atoms with Crippen LogP contribution in [0.25, 0.3) is 0 Å². The normalized spacial score (nSPS) is 19.7. The minimum atomic E-state index is -1.03. The largest absolute Gasteiger partial charge is 0.495 e. The third-order valence-electron chi connectivity index (χ3n) is 5.05. The first-order chi connectivity index (χ1) is 12.2. The summed E-state index contributed by atoms with van der Waals surface area (Å²) < 4.78 is 5.16. The van der Waals surface area contributed by atoms with E-state index in [1.54, 1.807) is 6.26 Å². The molecule has 0 radical (unpaired) electrons. The topological polar surface area (TPSA) is 110 Å². The summed E-state index contributed by atoms with van der Waals surface area (Å²) in [7, 11) is 1.41. The van der Waals surface area contributed by atoms with Gasteiger partial charge < -0.3 is 14.7 Å². The number of carbonyl (C=O) groups excluding carboxylic acids is 1. The average Bonchev–Trinajstić information content (AvgIpc) is 3.06. The number of ether oxygens (including phenoxy) is 1. The molecule has 142 valence electrons. The second-order valence-corrected chi connectivity index (χ2v) is 7.42. The van der Waals surface area contributed by atoms with Gasteiger partial charge >= 0.3 is 5.97 Å². The standard InChI is InChI=1S/C17H22N2O6S/c1-10(2)17(16(21)22)5-6-18(9-17)15(20)11-7-14(26-4)13(25-3)8-12(11)19(23)24/h7-8,10H,5-6,9H2,1-4H3,(H,21,22). The first-order valence-electron chi connectivity index (χ1n) is 8.11. The Labute approximate surface area is 155 Å². The number of rotatable bonds is 6. The molecule has 9 heteroatoms. The maximum atomic E-state index is 13.0. The van der Waals surface area contributed by atoms with Gasteiger partial charge in [-0.15, -0.1) is 11.8 Å². The number of carbonyl (C=O) groups is 2. The molecule has 1 aromatic carbocycles. The van der Waals surface area contributed by atoms with Crippen molar-refractivity contribution in [3.8, 4) is 5.75 Å². The van der Waals surface area contributed by atoms with Crippen molar-refractivity contribution in [2.45, 2.75) is 25.2 Å². The van der Waals surface area contributed by atoms with Crippen molar-refractivity contribution < 1.29 is 24.4 Å². The van der Waals surface area contributed by atoms with Gasteiger partial charge in [0.15, 0.2) is 0 Å². The number of amides is 1. The van der Waals surface area contributed by atoms with Crippen LogP contribution in [0.5, 0.6) is 5.75 Å². The van der Waals surface area contributed by atoms with Gasteiger partial charge in [-0.1, -0.05) is 13.8 Å². The highest BCUT2D eigenvalue weighted by Crippen LogP contribution is 2.40. The Balaban J connectivity index is 2.44.